The minimum atomic E-state index is -0.0589. The normalized spacial score (nSPS) is 10.9. The highest BCUT2D eigenvalue weighted by molar-refractivity contribution is 7.99. The Morgan fingerprint density at radius 3 is 3.10 bits per heavy atom. The van der Waals surface area contributed by atoms with E-state index < -0.39 is 0 Å². The second-order valence-corrected chi connectivity index (χ2v) is 5.39. The van der Waals surface area contributed by atoms with E-state index in [0.717, 1.165) is 22.1 Å². The Morgan fingerprint density at radius 2 is 2.33 bits per heavy atom. The Kier molecular flexibility index (Phi) is 3.92. The number of furan rings is 1. The van der Waals surface area contributed by atoms with Crippen molar-refractivity contribution in [2.24, 2.45) is 7.05 Å². The van der Waals surface area contributed by atoms with Crippen molar-refractivity contribution in [2.75, 3.05) is 5.75 Å². The molecule has 1 amide bonds. The van der Waals surface area contributed by atoms with Gasteiger partial charge < -0.3 is 14.3 Å². The number of nitrogens with one attached hydrogen (secondary N) is 1. The molecule has 0 aliphatic rings. The first-order valence-corrected chi connectivity index (χ1v) is 7.42. The summed E-state index contributed by atoms with van der Waals surface area (Å²) in [5, 5.41) is 3.58. The summed E-state index contributed by atoms with van der Waals surface area (Å²) in [6, 6.07) is 7.37. The van der Waals surface area contributed by atoms with E-state index in [-0.39, 0.29) is 5.91 Å². The van der Waals surface area contributed by atoms with Gasteiger partial charge in [-0.25, -0.2) is 9.97 Å². The van der Waals surface area contributed by atoms with Gasteiger partial charge in [0.25, 0.3) is 0 Å². The van der Waals surface area contributed by atoms with Crippen LogP contribution in [0.3, 0.4) is 0 Å². The lowest BCUT2D eigenvalue weighted by atomic mass is 10.4. The smallest absolute Gasteiger partial charge is 0.230 e. The van der Waals surface area contributed by atoms with Gasteiger partial charge in [0, 0.05) is 13.2 Å². The van der Waals surface area contributed by atoms with Crippen LogP contribution in [0, 0.1) is 0 Å². The number of amides is 1. The number of hydrogen-bond donors (Lipinski definition) is 1. The zero-order valence-electron chi connectivity index (χ0n) is 11.4. The molecule has 3 rings (SSSR count). The number of carbonyl (C=O) groups is 1. The van der Waals surface area contributed by atoms with Crippen LogP contribution in [0.5, 0.6) is 0 Å². The molecule has 1 N–H and O–H groups in total. The molecular formula is C14H14N4O2S. The zero-order valence-corrected chi connectivity index (χ0v) is 12.3. The molecule has 6 nitrogen and oxygen atoms in total. The first-order valence-electron chi connectivity index (χ1n) is 6.43. The lowest BCUT2D eigenvalue weighted by Crippen LogP contribution is -2.24. The number of rotatable bonds is 5. The summed E-state index contributed by atoms with van der Waals surface area (Å²) in [5.41, 5.74) is 1.65. The molecule has 0 aromatic carbocycles. The lowest BCUT2D eigenvalue weighted by molar-refractivity contribution is -0.118. The van der Waals surface area contributed by atoms with Crippen LogP contribution in [0.15, 0.2) is 46.3 Å². The van der Waals surface area contributed by atoms with Crippen LogP contribution < -0.4 is 5.32 Å². The van der Waals surface area contributed by atoms with Gasteiger partial charge in [0.15, 0.2) is 10.8 Å². The predicted octanol–water partition coefficient (Wildman–Crippen LogP) is 1.97. The van der Waals surface area contributed by atoms with Crippen molar-refractivity contribution in [1.29, 1.82) is 0 Å². The predicted molar refractivity (Wildman–Crippen MR) is 79.8 cm³/mol. The van der Waals surface area contributed by atoms with Crippen molar-refractivity contribution in [3.8, 4) is 0 Å². The molecule has 0 saturated heterocycles. The molecule has 0 unspecified atom stereocenters. The molecule has 7 heteroatoms. The Bertz CT molecular complexity index is 752. The van der Waals surface area contributed by atoms with E-state index in [1.54, 1.807) is 18.5 Å². The number of nitrogens with zero attached hydrogens (tertiary/aromatic N) is 3. The third-order valence-electron chi connectivity index (χ3n) is 2.96. The molecule has 0 spiro atoms. The summed E-state index contributed by atoms with van der Waals surface area (Å²) in [5.74, 6) is 0.981. The highest BCUT2D eigenvalue weighted by Crippen LogP contribution is 2.20. The summed E-state index contributed by atoms with van der Waals surface area (Å²) in [6.07, 6.45) is 3.32. The molecule has 108 valence electrons. The Balaban J connectivity index is 1.58. The number of imidazole rings is 1. The van der Waals surface area contributed by atoms with Gasteiger partial charge in [-0.05, 0) is 24.3 Å². The first kappa shape index (κ1) is 13.7. The zero-order chi connectivity index (χ0) is 14.7. The second kappa shape index (κ2) is 6.01. The molecule has 0 saturated carbocycles. The number of aryl methyl sites for hydroxylation is 1. The third kappa shape index (κ3) is 3.08. The van der Waals surface area contributed by atoms with E-state index in [0.29, 0.717) is 12.3 Å². The minimum Gasteiger partial charge on any atom is -0.467 e. The third-order valence-corrected chi connectivity index (χ3v) is 3.99. The number of fused-ring (bicyclic) bond motifs is 1. The van der Waals surface area contributed by atoms with Gasteiger partial charge in [0.1, 0.15) is 11.3 Å². The highest BCUT2D eigenvalue weighted by Gasteiger charge is 2.11. The molecule has 0 fully saturated rings. The molecular weight excluding hydrogens is 288 g/mol. The lowest BCUT2D eigenvalue weighted by Gasteiger charge is -2.03. The molecule has 0 aliphatic heterocycles. The minimum absolute atomic E-state index is 0.0589. The van der Waals surface area contributed by atoms with Gasteiger partial charge in [0.05, 0.1) is 18.6 Å². The molecule has 0 aliphatic carbocycles. The van der Waals surface area contributed by atoms with Crippen LogP contribution in [0.1, 0.15) is 5.76 Å². The number of aromatic nitrogens is 3. The van der Waals surface area contributed by atoms with Crippen molar-refractivity contribution < 1.29 is 9.21 Å². The molecule has 21 heavy (non-hydrogen) atoms. The van der Waals surface area contributed by atoms with Crippen LogP contribution in [0.4, 0.5) is 0 Å². The van der Waals surface area contributed by atoms with Gasteiger partial charge in [-0.2, -0.15) is 0 Å². The molecule has 0 atom stereocenters. The van der Waals surface area contributed by atoms with Crippen LogP contribution in [-0.2, 0) is 18.4 Å². The van der Waals surface area contributed by atoms with Gasteiger partial charge in [-0.1, -0.05) is 11.8 Å². The first-order chi connectivity index (χ1) is 10.2. The van der Waals surface area contributed by atoms with Crippen LogP contribution in [0.25, 0.3) is 11.2 Å². The Morgan fingerprint density at radius 1 is 1.43 bits per heavy atom. The van der Waals surface area contributed by atoms with E-state index in [1.807, 2.05) is 29.8 Å². The van der Waals surface area contributed by atoms with Crippen molar-refractivity contribution >= 4 is 28.8 Å². The fraction of sp³-hybridized carbons (Fsp3) is 0.214. The number of pyridine rings is 1. The number of thioether (sulfide) groups is 1. The standard InChI is InChI=1S/C14H14N4O2S/c1-18-13-11(5-2-6-15-13)17-14(18)21-9-12(19)16-8-10-4-3-7-20-10/h2-7H,8-9H2,1H3,(H,16,19). The van der Waals surface area contributed by atoms with Gasteiger partial charge >= 0.3 is 0 Å². The highest BCUT2D eigenvalue weighted by atomic mass is 32.2. The molecule has 0 bridgehead atoms. The SMILES string of the molecule is Cn1c(SCC(=O)NCc2ccco2)nc2cccnc21. The summed E-state index contributed by atoms with van der Waals surface area (Å²) in [6.45, 7) is 0.399. The molecule has 3 heterocycles. The summed E-state index contributed by atoms with van der Waals surface area (Å²) >= 11 is 1.39. The average molecular weight is 302 g/mol. The van der Waals surface area contributed by atoms with E-state index in [4.69, 9.17) is 4.42 Å². The Hall–Kier alpha value is -2.28. The van der Waals surface area contributed by atoms with Gasteiger partial charge in [0.2, 0.25) is 5.91 Å². The van der Waals surface area contributed by atoms with E-state index in [1.165, 1.54) is 11.8 Å². The maximum absolute atomic E-state index is 11.8. The fourth-order valence-electron chi connectivity index (χ4n) is 1.91. The van der Waals surface area contributed by atoms with Gasteiger partial charge in [-0.3, -0.25) is 4.79 Å². The quantitative estimate of drug-likeness (QED) is 0.729. The van der Waals surface area contributed by atoms with Crippen molar-refractivity contribution in [1.82, 2.24) is 19.9 Å². The maximum atomic E-state index is 11.8. The Labute approximate surface area is 125 Å². The van der Waals surface area contributed by atoms with Crippen LogP contribution >= 0.6 is 11.8 Å². The fourth-order valence-corrected chi connectivity index (χ4v) is 2.72. The van der Waals surface area contributed by atoms with Crippen molar-refractivity contribution in [2.45, 2.75) is 11.7 Å². The van der Waals surface area contributed by atoms with Crippen LogP contribution in [-0.4, -0.2) is 26.2 Å². The maximum Gasteiger partial charge on any atom is 0.230 e. The van der Waals surface area contributed by atoms with Crippen LogP contribution in [0.2, 0.25) is 0 Å². The summed E-state index contributed by atoms with van der Waals surface area (Å²) in [7, 11) is 1.89. The second-order valence-electron chi connectivity index (χ2n) is 4.44. The molecule has 3 aromatic rings. The van der Waals surface area contributed by atoms with Crippen molar-refractivity contribution in [3.63, 3.8) is 0 Å². The molecule has 3 aromatic heterocycles. The van der Waals surface area contributed by atoms with Crippen molar-refractivity contribution in [3.05, 3.63) is 42.5 Å². The van der Waals surface area contributed by atoms with E-state index >= 15 is 0 Å². The van der Waals surface area contributed by atoms with E-state index in [2.05, 4.69) is 15.3 Å². The van der Waals surface area contributed by atoms with Gasteiger partial charge in [-0.15, -0.1) is 0 Å². The monoisotopic (exact) mass is 302 g/mol. The number of hydrogen-bond acceptors (Lipinski definition) is 5. The summed E-state index contributed by atoms with van der Waals surface area (Å²) in [4.78, 5) is 20.5. The topological polar surface area (TPSA) is 73.0 Å². The molecule has 0 radical (unpaired) electrons. The summed E-state index contributed by atoms with van der Waals surface area (Å²) < 4.78 is 7.05. The van der Waals surface area contributed by atoms with E-state index in [9.17, 15) is 4.79 Å². The average Bonchev–Trinajstić information content (AvgIpc) is 3.12. The number of carbonyl (C=O) groups excluding carboxylic acids is 1. The largest absolute Gasteiger partial charge is 0.467 e.